The molecule has 0 saturated heterocycles. The fourth-order valence-corrected chi connectivity index (χ4v) is 2.61. The van der Waals surface area contributed by atoms with Crippen molar-refractivity contribution in [1.82, 2.24) is 0 Å². The second-order valence-corrected chi connectivity index (χ2v) is 4.99. The van der Waals surface area contributed by atoms with Crippen molar-refractivity contribution in [3.05, 3.63) is 22.3 Å². The van der Waals surface area contributed by atoms with Crippen molar-refractivity contribution >= 4 is 11.4 Å². The number of benzene rings is 1. The highest BCUT2D eigenvalue weighted by atomic mass is 15.1. The summed E-state index contributed by atoms with van der Waals surface area (Å²) >= 11 is 0. The van der Waals surface area contributed by atoms with E-state index in [2.05, 4.69) is 65.7 Å². The largest absolute Gasteiger partial charge is 0.377 e. The lowest BCUT2D eigenvalue weighted by Crippen LogP contribution is -2.18. The molecule has 0 fully saturated rings. The van der Waals surface area contributed by atoms with Crippen molar-refractivity contribution in [1.29, 1.82) is 0 Å². The monoisotopic (exact) mass is 220 g/mol. The summed E-state index contributed by atoms with van der Waals surface area (Å²) in [5.74, 6) is 0. The number of anilines is 2. The average Bonchev–Trinajstić information content (AvgIpc) is 2.14. The van der Waals surface area contributed by atoms with Gasteiger partial charge in [0, 0.05) is 39.6 Å². The maximum atomic E-state index is 2.21. The van der Waals surface area contributed by atoms with Gasteiger partial charge in [-0.3, -0.25) is 0 Å². The van der Waals surface area contributed by atoms with E-state index in [0.29, 0.717) is 0 Å². The summed E-state index contributed by atoms with van der Waals surface area (Å²) in [5, 5.41) is 0. The van der Waals surface area contributed by atoms with Crippen LogP contribution in [0.3, 0.4) is 0 Å². The third-order valence-electron chi connectivity index (χ3n) is 3.44. The van der Waals surface area contributed by atoms with Crippen LogP contribution in [0.25, 0.3) is 0 Å². The molecule has 0 N–H and O–H groups in total. The molecule has 0 aliphatic heterocycles. The van der Waals surface area contributed by atoms with Gasteiger partial charge in [0.25, 0.3) is 0 Å². The van der Waals surface area contributed by atoms with Crippen molar-refractivity contribution in [3.8, 4) is 0 Å². The first-order valence-corrected chi connectivity index (χ1v) is 5.74. The lowest BCUT2D eigenvalue weighted by Gasteiger charge is -2.28. The van der Waals surface area contributed by atoms with E-state index in [1.165, 1.54) is 33.6 Å². The molecule has 2 nitrogen and oxygen atoms in total. The molecule has 0 spiro atoms. The third kappa shape index (κ3) is 1.89. The minimum absolute atomic E-state index is 1.36. The van der Waals surface area contributed by atoms with Gasteiger partial charge in [0.15, 0.2) is 0 Å². The van der Waals surface area contributed by atoms with E-state index in [0.717, 1.165) is 0 Å². The highest BCUT2D eigenvalue weighted by Gasteiger charge is 2.16. The molecular weight excluding hydrogens is 196 g/mol. The van der Waals surface area contributed by atoms with Crippen LogP contribution >= 0.6 is 0 Å². The zero-order chi connectivity index (χ0) is 12.6. The van der Waals surface area contributed by atoms with E-state index in [1.807, 2.05) is 0 Å². The van der Waals surface area contributed by atoms with Crippen molar-refractivity contribution in [2.45, 2.75) is 27.7 Å². The van der Waals surface area contributed by atoms with Gasteiger partial charge in [-0.2, -0.15) is 0 Å². The van der Waals surface area contributed by atoms with E-state index in [4.69, 9.17) is 0 Å². The Morgan fingerprint density at radius 2 is 0.688 bits per heavy atom. The normalized spacial score (nSPS) is 10.5. The molecule has 16 heavy (non-hydrogen) atoms. The zero-order valence-electron chi connectivity index (χ0n) is 11.9. The van der Waals surface area contributed by atoms with Crippen molar-refractivity contribution < 1.29 is 0 Å². The predicted octanol–water partition coefficient (Wildman–Crippen LogP) is 3.05. The molecule has 0 aliphatic carbocycles. The average molecular weight is 220 g/mol. The minimum atomic E-state index is 1.36. The van der Waals surface area contributed by atoms with E-state index < -0.39 is 0 Å². The number of nitrogens with zero attached hydrogens (tertiary/aromatic N) is 2. The molecule has 0 heterocycles. The predicted molar refractivity (Wildman–Crippen MR) is 74.0 cm³/mol. The molecule has 2 heteroatoms. The topological polar surface area (TPSA) is 6.48 Å². The first kappa shape index (κ1) is 12.9. The molecule has 0 bridgehead atoms. The lowest BCUT2D eigenvalue weighted by molar-refractivity contribution is 1.04. The first-order chi connectivity index (χ1) is 7.29. The van der Waals surface area contributed by atoms with Crippen molar-refractivity contribution in [2.75, 3.05) is 38.0 Å². The molecule has 1 aromatic rings. The second kappa shape index (κ2) is 4.36. The molecule has 90 valence electrons. The van der Waals surface area contributed by atoms with E-state index in [1.54, 1.807) is 0 Å². The summed E-state index contributed by atoms with van der Waals surface area (Å²) < 4.78 is 0. The van der Waals surface area contributed by atoms with Gasteiger partial charge in [-0.1, -0.05) is 0 Å². The van der Waals surface area contributed by atoms with Crippen LogP contribution in [-0.2, 0) is 0 Å². The summed E-state index contributed by atoms with van der Waals surface area (Å²) in [7, 11) is 8.46. The molecule has 0 aromatic heterocycles. The lowest BCUT2D eigenvalue weighted by atomic mass is 9.95. The SMILES string of the molecule is Cc1c(C)c(N(C)C)c(C)c(C)c1N(C)C. The Bertz CT molecular complexity index is 336. The minimum Gasteiger partial charge on any atom is -0.377 e. The van der Waals surface area contributed by atoms with Gasteiger partial charge in [-0.25, -0.2) is 0 Å². The molecule has 1 rings (SSSR count). The number of rotatable bonds is 2. The van der Waals surface area contributed by atoms with Gasteiger partial charge < -0.3 is 9.80 Å². The van der Waals surface area contributed by atoms with Crippen LogP contribution in [0.15, 0.2) is 0 Å². The zero-order valence-corrected chi connectivity index (χ0v) is 11.9. The van der Waals surface area contributed by atoms with Crippen molar-refractivity contribution in [3.63, 3.8) is 0 Å². The molecule has 0 unspecified atom stereocenters. The molecule has 0 atom stereocenters. The van der Waals surface area contributed by atoms with E-state index >= 15 is 0 Å². The summed E-state index contributed by atoms with van der Waals surface area (Å²) in [6.07, 6.45) is 0. The Balaban J connectivity index is 3.63. The Hall–Kier alpha value is -1.18. The van der Waals surface area contributed by atoms with Crippen LogP contribution in [-0.4, -0.2) is 28.2 Å². The van der Waals surface area contributed by atoms with Crippen molar-refractivity contribution in [2.24, 2.45) is 0 Å². The molecule has 0 amide bonds. The van der Waals surface area contributed by atoms with Crippen LogP contribution in [0, 0.1) is 27.7 Å². The Labute approximate surface area is 99.9 Å². The Kier molecular flexibility index (Phi) is 3.51. The van der Waals surface area contributed by atoms with Gasteiger partial charge in [-0.15, -0.1) is 0 Å². The fraction of sp³-hybridized carbons (Fsp3) is 0.571. The van der Waals surface area contributed by atoms with Gasteiger partial charge in [-0.05, 0) is 49.9 Å². The van der Waals surface area contributed by atoms with Crippen LogP contribution in [0.5, 0.6) is 0 Å². The van der Waals surface area contributed by atoms with Crippen LogP contribution < -0.4 is 9.80 Å². The molecule has 0 saturated carbocycles. The van der Waals surface area contributed by atoms with Gasteiger partial charge in [0.2, 0.25) is 0 Å². The second-order valence-electron chi connectivity index (χ2n) is 4.99. The van der Waals surface area contributed by atoms with Gasteiger partial charge in [0.05, 0.1) is 0 Å². The summed E-state index contributed by atoms with van der Waals surface area (Å²) in [4.78, 5) is 4.42. The first-order valence-electron chi connectivity index (χ1n) is 5.74. The summed E-state index contributed by atoms with van der Waals surface area (Å²) in [5.41, 5.74) is 8.27. The molecule has 0 aliphatic rings. The fourth-order valence-electron chi connectivity index (χ4n) is 2.61. The molecular formula is C14H24N2. The summed E-state index contributed by atoms with van der Waals surface area (Å²) in [6, 6.07) is 0. The van der Waals surface area contributed by atoms with Crippen LogP contribution in [0.2, 0.25) is 0 Å². The Morgan fingerprint density at radius 3 is 0.812 bits per heavy atom. The van der Waals surface area contributed by atoms with E-state index in [-0.39, 0.29) is 0 Å². The van der Waals surface area contributed by atoms with Crippen LogP contribution in [0.4, 0.5) is 11.4 Å². The smallest absolute Gasteiger partial charge is 0.0427 e. The maximum Gasteiger partial charge on any atom is 0.0427 e. The molecule has 0 radical (unpaired) electrons. The van der Waals surface area contributed by atoms with Crippen LogP contribution in [0.1, 0.15) is 22.3 Å². The van der Waals surface area contributed by atoms with Gasteiger partial charge >= 0.3 is 0 Å². The van der Waals surface area contributed by atoms with E-state index in [9.17, 15) is 0 Å². The summed E-state index contributed by atoms with van der Waals surface area (Å²) in [6.45, 7) is 8.85. The Morgan fingerprint density at radius 1 is 0.500 bits per heavy atom. The number of hydrogen-bond donors (Lipinski definition) is 0. The third-order valence-corrected chi connectivity index (χ3v) is 3.44. The highest BCUT2D eigenvalue weighted by Crippen LogP contribution is 2.36. The maximum absolute atomic E-state index is 2.21. The van der Waals surface area contributed by atoms with Gasteiger partial charge in [0.1, 0.15) is 0 Å². The quantitative estimate of drug-likeness (QED) is 0.756. The number of hydrogen-bond acceptors (Lipinski definition) is 2. The highest BCUT2D eigenvalue weighted by molar-refractivity contribution is 5.74. The standard InChI is InChI=1S/C14H24N2/c1-9-10(2)14(16(7)8)12(4)11(3)13(9)15(5)6/h1-8H3. The molecule has 1 aromatic carbocycles.